The second-order valence-electron chi connectivity index (χ2n) is 7.54. The zero-order chi connectivity index (χ0) is 22.9. The third-order valence-electron chi connectivity index (χ3n) is 5.18. The van der Waals surface area contributed by atoms with Crippen LogP contribution in [0.5, 0.6) is 0 Å². The van der Waals surface area contributed by atoms with Gasteiger partial charge < -0.3 is 9.67 Å². The molecule has 0 aliphatic rings. The quantitative estimate of drug-likeness (QED) is 0.429. The van der Waals surface area contributed by atoms with Crippen molar-refractivity contribution in [2.75, 3.05) is 0 Å². The van der Waals surface area contributed by atoms with Gasteiger partial charge in [-0.05, 0) is 78.0 Å². The van der Waals surface area contributed by atoms with E-state index in [1.54, 1.807) is 34.9 Å². The largest absolute Gasteiger partial charge is 0.476 e. The van der Waals surface area contributed by atoms with Crippen LogP contribution in [0.3, 0.4) is 0 Å². The molecule has 3 aromatic rings. The van der Waals surface area contributed by atoms with Crippen molar-refractivity contribution in [3.63, 3.8) is 0 Å². The van der Waals surface area contributed by atoms with Crippen molar-refractivity contribution in [2.45, 2.75) is 39.2 Å². The number of imidazole rings is 1. The number of carboxylic acid groups (broad SMARTS) is 1. The molecular weight excluding hydrogens is 485 g/mol. The number of halogens is 3. The number of hydrogen-bond acceptors (Lipinski definition) is 3. The summed E-state index contributed by atoms with van der Waals surface area (Å²) in [6.45, 7) is 5.69. The summed E-state index contributed by atoms with van der Waals surface area (Å²) in [7, 11) is 0. The molecule has 0 fully saturated rings. The predicted molar refractivity (Wildman–Crippen MR) is 120 cm³/mol. The van der Waals surface area contributed by atoms with E-state index in [2.05, 4.69) is 27.0 Å². The highest BCUT2D eigenvalue weighted by molar-refractivity contribution is 9.10. The lowest BCUT2D eigenvalue weighted by Gasteiger charge is -2.24. The van der Waals surface area contributed by atoms with E-state index in [0.29, 0.717) is 21.6 Å². The van der Waals surface area contributed by atoms with Crippen LogP contribution >= 0.6 is 27.5 Å². The summed E-state index contributed by atoms with van der Waals surface area (Å²) in [4.78, 5) is 16.3. The van der Waals surface area contributed by atoms with E-state index in [9.17, 15) is 19.6 Å². The van der Waals surface area contributed by atoms with Gasteiger partial charge in [0.2, 0.25) is 0 Å². The number of carbonyl (C=O) groups is 1. The van der Waals surface area contributed by atoms with E-state index in [0.717, 1.165) is 11.1 Å². The summed E-state index contributed by atoms with van der Waals surface area (Å²) in [6, 6.07) is 12.0. The van der Waals surface area contributed by atoms with Crippen molar-refractivity contribution in [1.82, 2.24) is 9.55 Å². The van der Waals surface area contributed by atoms with E-state index < -0.39 is 17.7 Å². The molecule has 0 aliphatic carbocycles. The summed E-state index contributed by atoms with van der Waals surface area (Å²) in [5, 5.41) is 19.1. The lowest BCUT2D eigenvalue weighted by Crippen LogP contribution is -2.18. The lowest BCUT2D eigenvalue weighted by molar-refractivity contribution is 0.0689. The Morgan fingerprint density at radius 3 is 2.65 bits per heavy atom. The number of rotatable bonds is 6. The minimum absolute atomic E-state index is 0.00445. The van der Waals surface area contributed by atoms with E-state index in [-0.39, 0.29) is 23.2 Å². The Hall–Kier alpha value is -2.69. The third kappa shape index (κ3) is 4.51. The number of nitriles is 1. The summed E-state index contributed by atoms with van der Waals surface area (Å²) in [6.07, 6.45) is 0.171. The van der Waals surface area contributed by atoms with Gasteiger partial charge in [0.05, 0.1) is 22.3 Å². The fourth-order valence-corrected chi connectivity index (χ4v) is 4.79. The molecule has 0 aliphatic heterocycles. The Labute approximate surface area is 193 Å². The van der Waals surface area contributed by atoms with Crippen molar-refractivity contribution in [2.24, 2.45) is 0 Å². The molecule has 0 bridgehead atoms. The highest BCUT2D eigenvalue weighted by Crippen LogP contribution is 2.37. The van der Waals surface area contributed by atoms with Gasteiger partial charge in [-0.3, -0.25) is 0 Å². The molecule has 8 heteroatoms. The second kappa shape index (κ2) is 9.21. The minimum atomic E-state index is -1.17. The van der Waals surface area contributed by atoms with E-state index in [4.69, 9.17) is 11.6 Å². The summed E-state index contributed by atoms with van der Waals surface area (Å²) < 4.78 is 17.0. The number of hydrogen-bond donors (Lipinski definition) is 1. The van der Waals surface area contributed by atoms with Crippen LogP contribution in [0.1, 0.15) is 64.2 Å². The summed E-state index contributed by atoms with van der Waals surface area (Å²) in [5.74, 6) is -2.24. The smallest absolute Gasteiger partial charge is 0.356 e. The molecule has 2 aromatic carbocycles. The van der Waals surface area contributed by atoms with Crippen LogP contribution in [0.2, 0.25) is 5.02 Å². The van der Waals surface area contributed by atoms with Crippen LogP contribution < -0.4 is 0 Å². The number of benzene rings is 2. The van der Waals surface area contributed by atoms with Gasteiger partial charge in [0.1, 0.15) is 5.82 Å². The van der Waals surface area contributed by atoms with Crippen LogP contribution in [0, 0.1) is 24.1 Å². The monoisotopic (exact) mass is 503 g/mol. The molecule has 0 amide bonds. The van der Waals surface area contributed by atoms with Gasteiger partial charge in [-0.1, -0.05) is 29.8 Å². The van der Waals surface area contributed by atoms with Crippen LogP contribution in [0.15, 0.2) is 41.1 Å². The zero-order valence-corrected chi connectivity index (χ0v) is 19.5. The maximum Gasteiger partial charge on any atom is 0.356 e. The van der Waals surface area contributed by atoms with Crippen molar-refractivity contribution in [1.29, 1.82) is 5.26 Å². The molecule has 1 atom stereocenters. The first-order valence-electron chi connectivity index (χ1n) is 9.60. The SMILES string of the molecule is Cc1cc(C#N)ccc1C(Cc1cccc(Cl)c1F)c1c(C(=O)O)nc(Br)n1C(C)C. The standard InChI is InChI=1S/C23H20BrClFN3O2/c1-12(2)29-21(20(22(30)31)28-23(29)24)17(10-15-5-4-6-18(25)19(15)26)16-8-7-14(11-27)9-13(16)3/h4-9,12,17H,10H2,1-3H3,(H,30,31). The Bertz CT molecular complexity index is 1200. The molecular formula is C23H20BrClFN3O2. The molecule has 1 N–H and O–H groups in total. The van der Waals surface area contributed by atoms with Gasteiger partial charge in [-0.2, -0.15) is 5.26 Å². The molecule has 31 heavy (non-hydrogen) atoms. The van der Waals surface area contributed by atoms with Gasteiger partial charge in [0.25, 0.3) is 0 Å². The maximum atomic E-state index is 14.8. The average Bonchev–Trinajstić information content (AvgIpc) is 3.07. The first-order chi connectivity index (χ1) is 14.6. The molecule has 3 rings (SSSR count). The van der Waals surface area contributed by atoms with Gasteiger partial charge in [-0.25, -0.2) is 14.2 Å². The van der Waals surface area contributed by atoms with Gasteiger partial charge in [0, 0.05) is 12.0 Å². The number of aromatic nitrogens is 2. The molecule has 0 saturated carbocycles. The van der Waals surface area contributed by atoms with Gasteiger partial charge in [0.15, 0.2) is 10.4 Å². The first kappa shape index (κ1) is 23.0. The molecule has 1 heterocycles. The highest BCUT2D eigenvalue weighted by atomic mass is 79.9. The van der Waals surface area contributed by atoms with E-state index >= 15 is 0 Å². The van der Waals surface area contributed by atoms with Gasteiger partial charge >= 0.3 is 5.97 Å². The number of nitrogens with zero attached hydrogens (tertiary/aromatic N) is 3. The fraction of sp³-hybridized carbons (Fsp3) is 0.261. The van der Waals surface area contributed by atoms with Crippen LogP contribution in [-0.4, -0.2) is 20.6 Å². The molecule has 0 saturated heterocycles. The normalized spacial score (nSPS) is 12.1. The molecule has 0 spiro atoms. The number of carboxylic acids is 1. The van der Waals surface area contributed by atoms with Crippen molar-refractivity contribution in [3.05, 3.63) is 85.6 Å². The van der Waals surface area contributed by atoms with Crippen LogP contribution in [-0.2, 0) is 6.42 Å². The Morgan fingerprint density at radius 1 is 1.35 bits per heavy atom. The Kier molecular flexibility index (Phi) is 6.83. The zero-order valence-electron chi connectivity index (χ0n) is 17.2. The number of aromatic carboxylic acids is 1. The van der Waals surface area contributed by atoms with Crippen molar-refractivity contribution in [3.8, 4) is 6.07 Å². The van der Waals surface area contributed by atoms with Crippen LogP contribution in [0.4, 0.5) is 4.39 Å². The van der Waals surface area contributed by atoms with Crippen LogP contribution in [0.25, 0.3) is 0 Å². The molecule has 160 valence electrons. The highest BCUT2D eigenvalue weighted by Gasteiger charge is 2.31. The number of aryl methyl sites for hydroxylation is 1. The minimum Gasteiger partial charge on any atom is -0.476 e. The summed E-state index contributed by atoms with van der Waals surface area (Å²) >= 11 is 9.38. The van der Waals surface area contributed by atoms with E-state index in [1.165, 1.54) is 6.07 Å². The molecule has 0 radical (unpaired) electrons. The molecule has 1 aromatic heterocycles. The van der Waals surface area contributed by atoms with Crippen molar-refractivity contribution < 1.29 is 14.3 Å². The fourth-order valence-electron chi connectivity index (χ4n) is 3.81. The molecule has 5 nitrogen and oxygen atoms in total. The lowest BCUT2D eigenvalue weighted by atomic mass is 9.84. The average molecular weight is 505 g/mol. The Morgan fingerprint density at radius 2 is 2.06 bits per heavy atom. The predicted octanol–water partition coefficient (Wildman–Crippen LogP) is 6.27. The Balaban J connectivity index is 2.31. The maximum absolute atomic E-state index is 14.8. The van der Waals surface area contributed by atoms with Gasteiger partial charge in [-0.15, -0.1) is 0 Å². The first-order valence-corrected chi connectivity index (χ1v) is 10.8. The third-order valence-corrected chi connectivity index (χ3v) is 6.04. The van der Waals surface area contributed by atoms with E-state index in [1.807, 2.05) is 20.8 Å². The molecule has 1 unspecified atom stereocenters. The summed E-state index contributed by atoms with van der Waals surface area (Å²) in [5.41, 5.74) is 2.81. The topological polar surface area (TPSA) is 78.9 Å². The van der Waals surface area contributed by atoms with Crippen molar-refractivity contribution >= 4 is 33.5 Å². The second-order valence-corrected chi connectivity index (χ2v) is 8.65.